The second-order valence-electron chi connectivity index (χ2n) is 5.30. The smallest absolute Gasteiger partial charge is 0.241 e. The second-order valence-corrected chi connectivity index (χ2v) is 5.30. The summed E-state index contributed by atoms with van der Waals surface area (Å²) in [6, 6.07) is 4.82. The Morgan fingerprint density at radius 1 is 1.35 bits per heavy atom. The van der Waals surface area contributed by atoms with E-state index in [-0.39, 0.29) is 17.8 Å². The maximum atomic E-state index is 13.5. The molecule has 1 heterocycles. The Kier molecular flexibility index (Phi) is 4.60. The SMILES string of the molecule is CNC(C)c1cc(F)ccc1N1CCCN(C)C(=O)C1. The molecule has 0 aromatic heterocycles. The van der Waals surface area contributed by atoms with Gasteiger partial charge in [-0.05, 0) is 44.2 Å². The van der Waals surface area contributed by atoms with E-state index in [2.05, 4.69) is 10.2 Å². The molecule has 0 aliphatic carbocycles. The molecule has 1 aliphatic heterocycles. The average molecular weight is 279 g/mol. The Bertz CT molecular complexity index is 492. The molecular formula is C15H22FN3O. The molecule has 4 nitrogen and oxygen atoms in total. The van der Waals surface area contributed by atoms with Gasteiger partial charge in [0.2, 0.25) is 5.91 Å². The van der Waals surface area contributed by atoms with Gasteiger partial charge < -0.3 is 15.1 Å². The van der Waals surface area contributed by atoms with Gasteiger partial charge in [0.15, 0.2) is 0 Å². The van der Waals surface area contributed by atoms with Crippen LogP contribution in [-0.4, -0.2) is 44.5 Å². The largest absolute Gasteiger partial charge is 0.362 e. The van der Waals surface area contributed by atoms with Crippen LogP contribution in [0.25, 0.3) is 0 Å². The maximum absolute atomic E-state index is 13.5. The molecule has 1 N–H and O–H groups in total. The summed E-state index contributed by atoms with van der Waals surface area (Å²) < 4.78 is 13.5. The number of nitrogens with zero attached hydrogens (tertiary/aromatic N) is 2. The monoisotopic (exact) mass is 279 g/mol. The Hall–Kier alpha value is -1.62. The number of carbonyl (C=O) groups excluding carboxylic acids is 1. The van der Waals surface area contributed by atoms with E-state index in [1.54, 1.807) is 17.0 Å². The number of anilines is 1. The Balaban J connectivity index is 2.33. The van der Waals surface area contributed by atoms with Gasteiger partial charge in [0.25, 0.3) is 0 Å². The molecule has 0 radical (unpaired) electrons. The van der Waals surface area contributed by atoms with Crippen LogP contribution in [-0.2, 0) is 4.79 Å². The zero-order valence-corrected chi connectivity index (χ0v) is 12.3. The standard InChI is InChI=1S/C15H22FN3O/c1-11(17-2)13-9-12(16)5-6-14(13)19-8-4-7-18(3)15(20)10-19/h5-6,9,11,17H,4,7-8,10H2,1-3H3. The Labute approximate surface area is 119 Å². The first-order valence-corrected chi connectivity index (χ1v) is 6.98. The van der Waals surface area contributed by atoms with Gasteiger partial charge in [-0.25, -0.2) is 4.39 Å². The van der Waals surface area contributed by atoms with Crippen LogP contribution < -0.4 is 10.2 Å². The lowest BCUT2D eigenvalue weighted by Crippen LogP contribution is -2.35. The summed E-state index contributed by atoms with van der Waals surface area (Å²) in [5, 5.41) is 3.13. The highest BCUT2D eigenvalue weighted by atomic mass is 19.1. The summed E-state index contributed by atoms with van der Waals surface area (Å²) in [5.74, 6) is -0.140. The zero-order chi connectivity index (χ0) is 14.7. The highest BCUT2D eigenvalue weighted by Gasteiger charge is 2.22. The van der Waals surface area contributed by atoms with Crippen molar-refractivity contribution in [2.45, 2.75) is 19.4 Å². The summed E-state index contributed by atoms with van der Waals surface area (Å²) in [6.07, 6.45) is 0.924. The fourth-order valence-corrected chi connectivity index (χ4v) is 2.51. The van der Waals surface area contributed by atoms with Crippen molar-refractivity contribution in [3.63, 3.8) is 0 Å². The molecule has 20 heavy (non-hydrogen) atoms. The molecule has 1 amide bonds. The molecule has 1 aromatic rings. The highest BCUT2D eigenvalue weighted by Crippen LogP contribution is 2.28. The van der Waals surface area contributed by atoms with Gasteiger partial charge in [-0.2, -0.15) is 0 Å². The first-order chi connectivity index (χ1) is 9.52. The first kappa shape index (κ1) is 14.8. The molecule has 5 heteroatoms. The van der Waals surface area contributed by atoms with Crippen LogP contribution in [0.2, 0.25) is 0 Å². The van der Waals surface area contributed by atoms with Crippen LogP contribution >= 0.6 is 0 Å². The average Bonchev–Trinajstić information content (AvgIpc) is 2.60. The molecule has 2 rings (SSSR count). The molecule has 1 fully saturated rings. The van der Waals surface area contributed by atoms with E-state index < -0.39 is 0 Å². The van der Waals surface area contributed by atoms with Gasteiger partial charge in [0.05, 0.1) is 6.54 Å². The van der Waals surface area contributed by atoms with Crippen molar-refractivity contribution in [3.05, 3.63) is 29.6 Å². The van der Waals surface area contributed by atoms with E-state index in [9.17, 15) is 9.18 Å². The number of halogens is 1. The number of rotatable bonds is 3. The topological polar surface area (TPSA) is 35.6 Å². The number of likely N-dealkylation sites (N-methyl/N-ethyl adjacent to an activating group) is 1. The molecule has 1 aromatic carbocycles. The van der Waals surface area contributed by atoms with Gasteiger partial charge in [0, 0.05) is 31.9 Å². The van der Waals surface area contributed by atoms with Gasteiger partial charge in [0.1, 0.15) is 5.82 Å². The Morgan fingerprint density at radius 3 is 2.80 bits per heavy atom. The van der Waals surface area contributed by atoms with Crippen molar-refractivity contribution in [1.82, 2.24) is 10.2 Å². The summed E-state index contributed by atoms with van der Waals surface area (Å²) in [6.45, 7) is 3.92. The second kappa shape index (κ2) is 6.22. The fraction of sp³-hybridized carbons (Fsp3) is 0.533. The van der Waals surface area contributed by atoms with Crippen LogP contribution in [0.15, 0.2) is 18.2 Å². The normalized spacial score (nSPS) is 18.1. The van der Waals surface area contributed by atoms with Crippen molar-refractivity contribution >= 4 is 11.6 Å². The molecule has 110 valence electrons. The fourth-order valence-electron chi connectivity index (χ4n) is 2.51. The molecule has 1 unspecified atom stereocenters. The molecule has 1 atom stereocenters. The molecule has 0 bridgehead atoms. The van der Waals surface area contributed by atoms with E-state index >= 15 is 0 Å². The summed E-state index contributed by atoms with van der Waals surface area (Å²) in [4.78, 5) is 15.8. The zero-order valence-electron chi connectivity index (χ0n) is 12.3. The number of hydrogen-bond donors (Lipinski definition) is 1. The minimum atomic E-state index is -0.246. The summed E-state index contributed by atoms with van der Waals surface area (Å²) >= 11 is 0. The first-order valence-electron chi connectivity index (χ1n) is 6.98. The van der Waals surface area contributed by atoms with E-state index in [0.717, 1.165) is 30.8 Å². The molecule has 0 saturated carbocycles. The van der Waals surface area contributed by atoms with E-state index in [1.165, 1.54) is 6.07 Å². The van der Waals surface area contributed by atoms with Crippen LogP contribution in [0.3, 0.4) is 0 Å². The van der Waals surface area contributed by atoms with Crippen molar-refractivity contribution in [3.8, 4) is 0 Å². The maximum Gasteiger partial charge on any atom is 0.241 e. The van der Waals surface area contributed by atoms with Crippen molar-refractivity contribution < 1.29 is 9.18 Å². The highest BCUT2D eigenvalue weighted by molar-refractivity contribution is 5.82. The van der Waals surface area contributed by atoms with Gasteiger partial charge >= 0.3 is 0 Å². The van der Waals surface area contributed by atoms with Crippen LogP contribution in [0.4, 0.5) is 10.1 Å². The predicted molar refractivity (Wildman–Crippen MR) is 78.3 cm³/mol. The predicted octanol–water partition coefficient (Wildman–Crippen LogP) is 1.77. The van der Waals surface area contributed by atoms with E-state index in [0.29, 0.717) is 6.54 Å². The third kappa shape index (κ3) is 3.10. The third-order valence-corrected chi connectivity index (χ3v) is 3.90. The lowest BCUT2D eigenvalue weighted by atomic mass is 10.0. The van der Waals surface area contributed by atoms with Crippen molar-refractivity contribution in [2.75, 3.05) is 38.6 Å². The minimum absolute atomic E-state index is 0.0387. The lowest BCUT2D eigenvalue weighted by molar-refractivity contribution is -0.127. The number of amides is 1. The quantitative estimate of drug-likeness (QED) is 0.916. The van der Waals surface area contributed by atoms with Crippen molar-refractivity contribution in [1.29, 1.82) is 0 Å². The molecule has 1 saturated heterocycles. The minimum Gasteiger partial charge on any atom is -0.362 e. The van der Waals surface area contributed by atoms with Crippen LogP contribution in [0.5, 0.6) is 0 Å². The Morgan fingerprint density at radius 2 is 2.10 bits per heavy atom. The summed E-state index contributed by atoms with van der Waals surface area (Å²) in [5.41, 5.74) is 1.83. The lowest BCUT2D eigenvalue weighted by Gasteiger charge is -2.27. The summed E-state index contributed by atoms with van der Waals surface area (Å²) in [7, 11) is 3.67. The van der Waals surface area contributed by atoms with E-state index in [1.807, 2.05) is 21.0 Å². The van der Waals surface area contributed by atoms with Crippen LogP contribution in [0.1, 0.15) is 24.9 Å². The molecular weight excluding hydrogens is 257 g/mol. The van der Waals surface area contributed by atoms with Gasteiger partial charge in [-0.15, -0.1) is 0 Å². The van der Waals surface area contributed by atoms with E-state index in [4.69, 9.17) is 0 Å². The molecule has 0 spiro atoms. The van der Waals surface area contributed by atoms with Crippen molar-refractivity contribution in [2.24, 2.45) is 0 Å². The van der Waals surface area contributed by atoms with Gasteiger partial charge in [-0.1, -0.05) is 0 Å². The molecule has 1 aliphatic rings. The van der Waals surface area contributed by atoms with Gasteiger partial charge in [-0.3, -0.25) is 4.79 Å². The van der Waals surface area contributed by atoms with Crippen LogP contribution in [0, 0.1) is 5.82 Å². The number of hydrogen-bond acceptors (Lipinski definition) is 3. The number of benzene rings is 1. The third-order valence-electron chi connectivity index (χ3n) is 3.90. The number of nitrogens with one attached hydrogen (secondary N) is 1. The number of carbonyl (C=O) groups is 1.